The van der Waals surface area contributed by atoms with Gasteiger partial charge in [-0.25, -0.2) is 8.42 Å². The first-order valence-corrected chi connectivity index (χ1v) is 7.43. The van der Waals surface area contributed by atoms with Crippen molar-refractivity contribution >= 4 is 37.3 Å². The van der Waals surface area contributed by atoms with Crippen molar-refractivity contribution in [1.82, 2.24) is 4.31 Å². The molecule has 0 atom stereocenters. The van der Waals surface area contributed by atoms with Gasteiger partial charge in [-0.1, -0.05) is 6.92 Å². The molecule has 4 nitrogen and oxygen atoms in total. The van der Waals surface area contributed by atoms with Crippen LogP contribution in [0.3, 0.4) is 0 Å². The predicted molar refractivity (Wildman–Crippen MR) is 63.5 cm³/mol. The minimum atomic E-state index is -3.43. The quantitative estimate of drug-likeness (QED) is 0.896. The first kappa shape index (κ1) is 13.1. The lowest BCUT2D eigenvalue weighted by Crippen LogP contribution is -2.32. The van der Waals surface area contributed by atoms with Gasteiger partial charge in [-0.3, -0.25) is 0 Å². The fourth-order valence-corrected chi connectivity index (χ4v) is 4.73. The molecule has 0 bridgehead atoms. The lowest BCUT2D eigenvalue weighted by molar-refractivity contribution is 0.257. The Morgan fingerprint density at radius 2 is 2.20 bits per heavy atom. The zero-order valence-corrected chi connectivity index (χ0v) is 11.4. The highest BCUT2D eigenvalue weighted by molar-refractivity contribution is 9.11. The molecule has 15 heavy (non-hydrogen) atoms. The molecule has 0 spiro atoms. The minimum Gasteiger partial charge on any atom is -0.395 e. The molecule has 0 aromatic carbocycles. The number of sulfonamides is 1. The van der Waals surface area contributed by atoms with E-state index in [1.165, 1.54) is 15.6 Å². The number of aliphatic hydroxyl groups excluding tert-OH is 1. The standard InChI is InChI=1S/C8H12BrNO3S2/c1-2-10(5-6-11)15(12,13)8-4-3-7(9)14-8/h3-4,11H,2,5-6H2,1H3. The van der Waals surface area contributed by atoms with Gasteiger partial charge in [0.25, 0.3) is 10.0 Å². The second-order valence-electron chi connectivity index (χ2n) is 2.78. The third-order valence-corrected chi connectivity index (χ3v) is 5.91. The zero-order chi connectivity index (χ0) is 11.5. The van der Waals surface area contributed by atoms with Gasteiger partial charge in [0, 0.05) is 13.1 Å². The van der Waals surface area contributed by atoms with Crippen molar-refractivity contribution in [3.63, 3.8) is 0 Å². The second kappa shape index (κ2) is 5.40. The van der Waals surface area contributed by atoms with E-state index in [2.05, 4.69) is 15.9 Å². The Balaban J connectivity index is 3.00. The van der Waals surface area contributed by atoms with Crippen LogP contribution in [0.2, 0.25) is 0 Å². The number of rotatable bonds is 5. The van der Waals surface area contributed by atoms with E-state index < -0.39 is 10.0 Å². The van der Waals surface area contributed by atoms with Crippen LogP contribution in [0.15, 0.2) is 20.1 Å². The Bertz CT molecular complexity index is 415. The largest absolute Gasteiger partial charge is 0.395 e. The maximum Gasteiger partial charge on any atom is 0.252 e. The van der Waals surface area contributed by atoms with E-state index in [1.54, 1.807) is 19.1 Å². The molecular weight excluding hydrogens is 302 g/mol. The molecule has 1 N–H and O–H groups in total. The maximum atomic E-state index is 12.0. The number of aliphatic hydroxyl groups is 1. The molecule has 1 heterocycles. The average molecular weight is 314 g/mol. The molecule has 0 fully saturated rings. The van der Waals surface area contributed by atoms with Crippen LogP contribution in [0.5, 0.6) is 0 Å². The number of hydrogen-bond acceptors (Lipinski definition) is 4. The van der Waals surface area contributed by atoms with Crippen molar-refractivity contribution in [2.75, 3.05) is 19.7 Å². The van der Waals surface area contributed by atoms with E-state index in [0.29, 0.717) is 10.8 Å². The van der Waals surface area contributed by atoms with Gasteiger partial charge in [0.1, 0.15) is 4.21 Å². The summed E-state index contributed by atoms with van der Waals surface area (Å²) >= 11 is 4.39. The van der Waals surface area contributed by atoms with Gasteiger partial charge >= 0.3 is 0 Å². The maximum absolute atomic E-state index is 12.0. The number of thiophene rings is 1. The monoisotopic (exact) mass is 313 g/mol. The molecular formula is C8H12BrNO3S2. The Morgan fingerprint density at radius 3 is 2.60 bits per heavy atom. The Morgan fingerprint density at radius 1 is 1.53 bits per heavy atom. The second-order valence-corrected chi connectivity index (χ2v) is 7.41. The molecule has 0 aliphatic heterocycles. The van der Waals surface area contributed by atoms with Gasteiger partial charge in [-0.15, -0.1) is 11.3 Å². The first-order valence-electron chi connectivity index (χ1n) is 4.38. The molecule has 0 aliphatic rings. The number of halogens is 1. The third kappa shape index (κ3) is 3.01. The Kier molecular flexibility index (Phi) is 4.72. The fraction of sp³-hybridized carbons (Fsp3) is 0.500. The van der Waals surface area contributed by atoms with Crippen molar-refractivity contribution < 1.29 is 13.5 Å². The normalized spacial score (nSPS) is 12.3. The molecule has 0 radical (unpaired) electrons. The zero-order valence-electron chi connectivity index (χ0n) is 8.18. The molecule has 0 aliphatic carbocycles. The van der Waals surface area contributed by atoms with E-state index in [0.717, 1.165) is 3.79 Å². The lowest BCUT2D eigenvalue weighted by atomic mass is 10.6. The van der Waals surface area contributed by atoms with Crippen molar-refractivity contribution in [3.05, 3.63) is 15.9 Å². The van der Waals surface area contributed by atoms with Gasteiger partial charge in [-0.05, 0) is 28.1 Å². The summed E-state index contributed by atoms with van der Waals surface area (Å²) in [6, 6.07) is 3.26. The summed E-state index contributed by atoms with van der Waals surface area (Å²) in [5.74, 6) is 0. The number of likely N-dealkylation sites (N-methyl/N-ethyl adjacent to an activating group) is 1. The fourth-order valence-electron chi connectivity index (χ4n) is 1.12. The molecule has 0 saturated carbocycles. The summed E-state index contributed by atoms with van der Waals surface area (Å²) in [7, 11) is -3.43. The lowest BCUT2D eigenvalue weighted by Gasteiger charge is -2.17. The molecule has 1 rings (SSSR count). The number of nitrogens with zero attached hydrogens (tertiary/aromatic N) is 1. The third-order valence-electron chi connectivity index (χ3n) is 1.84. The average Bonchev–Trinajstić information content (AvgIpc) is 2.61. The predicted octanol–water partition coefficient (Wildman–Crippen LogP) is 1.51. The highest BCUT2D eigenvalue weighted by atomic mass is 79.9. The van der Waals surface area contributed by atoms with E-state index in [-0.39, 0.29) is 13.2 Å². The molecule has 0 amide bonds. The smallest absolute Gasteiger partial charge is 0.252 e. The molecule has 1 aromatic heterocycles. The Labute approximate surface area is 102 Å². The van der Waals surface area contributed by atoms with Gasteiger partial charge in [-0.2, -0.15) is 4.31 Å². The van der Waals surface area contributed by atoms with Gasteiger partial charge in [0.15, 0.2) is 0 Å². The summed E-state index contributed by atoms with van der Waals surface area (Å²) in [6.07, 6.45) is 0. The van der Waals surface area contributed by atoms with Crippen molar-refractivity contribution in [3.8, 4) is 0 Å². The van der Waals surface area contributed by atoms with Crippen LogP contribution in [-0.4, -0.2) is 37.5 Å². The van der Waals surface area contributed by atoms with Crippen LogP contribution in [0.25, 0.3) is 0 Å². The van der Waals surface area contributed by atoms with Crippen LogP contribution in [0.1, 0.15) is 6.92 Å². The van der Waals surface area contributed by atoms with Crippen LogP contribution in [0.4, 0.5) is 0 Å². The van der Waals surface area contributed by atoms with E-state index in [4.69, 9.17) is 5.11 Å². The van der Waals surface area contributed by atoms with E-state index in [9.17, 15) is 8.42 Å². The summed E-state index contributed by atoms with van der Waals surface area (Å²) < 4.78 is 26.3. The van der Waals surface area contributed by atoms with Crippen LogP contribution in [-0.2, 0) is 10.0 Å². The van der Waals surface area contributed by atoms with E-state index in [1.807, 2.05) is 0 Å². The number of hydrogen-bond donors (Lipinski definition) is 1. The van der Waals surface area contributed by atoms with Crippen molar-refractivity contribution in [2.45, 2.75) is 11.1 Å². The molecule has 0 saturated heterocycles. The van der Waals surface area contributed by atoms with Crippen LogP contribution < -0.4 is 0 Å². The van der Waals surface area contributed by atoms with Crippen LogP contribution >= 0.6 is 27.3 Å². The van der Waals surface area contributed by atoms with E-state index >= 15 is 0 Å². The van der Waals surface area contributed by atoms with Crippen molar-refractivity contribution in [2.24, 2.45) is 0 Å². The highest BCUT2D eigenvalue weighted by Crippen LogP contribution is 2.28. The highest BCUT2D eigenvalue weighted by Gasteiger charge is 2.23. The molecule has 7 heteroatoms. The van der Waals surface area contributed by atoms with Gasteiger partial charge in [0.05, 0.1) is 10.4 Å². The topological polar surface area (TPSA) is 57.6 Å². The van der Waals surface area contributed by atoms with Gasteiger partial charge in [0.2, 0.25) is 0 Å². The summed E-state index contributed by atoms with van der Waals surface area (Å²) in [6.45, 7) is 2.07. The molecule has 86 valence electrons. The minimum absolute atomic E-state index is 0.133. The first-order chi connectivity index (χ1) is 7.02. The molecule has 1 aromatic rings. The summed E-state index contributed by atoms with van der Waals surface area (Å²) in [4.78, 5) is 0. The van der Waals surface area contributed by atoms with Crippen molar-refractivity contribution in [1.29, 1.82) is 0 Å². The summed E-state index contributed by atoms with van der Waals surface area (Å²) in [5.41, 5.74) is 0. The van der Waals surface area contributed by atoms with Gasteiger partial charge < -0.3 is 5.11 Å². The molecule has 0 unspecified atom stereocenters. The van der Waals surface area contributed by atoms with Crippen LogP contribution in [0, 0.1) is 0 Å². The SMILES string of the molecule is CCN(CCO)S(=O)(=O)c1ccc(Br)s1. The summed E-state index contributed by atoms with van der Waals surface area (Å²) in [5, 5.41) is 8.77. The Hall–Kier alpha value is 0.0500.